The quantitative estimate of drug-likeness (QED) is 0.0966. The molecule has 0 unspecified atom stereocenters. The maximum atomic E-state index is 13.6. The summed E-state index contributed by atoms with van der Waals surface area (Å²) in [5.74, 6) is 0.225. The van der Waals surface area contributed by atoms with Crippen molar-refractivity contribution in [3.05, 3.63) is 58.6 Å². The molecule has 2 atom stereocenters. The average Bonchev–Trinajstić information content (AvgIpc) is 3.06. The first kappa shape index (κ1) is 42.5. The minimum atomic E-state index is -2.85. The number of aromatic nitrogens is 3. The maximum Gasteiger partial charge on any atom is 0.412 e. The van der Waals surface area contributed by atoms with Crippen molar-refractivity contribution in [2.45, 2.75) is 64.5 Å². The summed E-state index contributed by atoms with van der Waals surface area (Å²) in [4.78, 5) is 23.3. The van der Waals surface area contributed by atoms with E-state index in [-0.39, 0.29) is 58.2 Å². The second-order valence-corrected chi connectivity index (χ2v) is 13.4. The summed E-state index contributed by atoms with van der Waals surface area (Å²) in [6, 6.07) is 5.37. The summed E-state index contributed by atoms with van der Waals surface area (Å²) in [7, 11) is 1.20. The number of nitrogens with zero attached hydrogens (tertiary/aromatic N) is 3. The van der Waals surface area contributed by atoms with Crippen molar-refractivity contribution in [1.82, 2.24) is 15.0 Å². The Morgan fingerprint density at radius 3 is 1.80 bits per heavy atom. The molecule has 0 aliphatic carbocycles. The number of nitrogens with one attached hydrogen (secondary N) is 1. The summed E-state index contributed by atoms with van der Waals surface area (Å²) in [6.07, 6.45) is -1.80. The fourth-order valence-electron chi connectivity index (χ4n) is 4.82. The van der Waals surface area contributed by atoms with Gasteiger partial charge in [0.25, 0.3) is 12.9 Å². The van der Waals surface area contributed by atoms with Crippen LogP contribution in [0.4, 0.5) is 37.0 Å². The van der Waals surface area contributed by atoms with Crippen LogP contribution in [0.2, 0.25) is 0 Å². The first-order valence-electron chi connectivity index (χ1n) is 15.4. The van der Waals surface area contributed by atoms with Crippen molar-refractivity contribution in [2.75, 3.05) is 39.0 Å². The molecule has 0 saturated heterocycles. The zero-order chi connectivity index (χ0) is 37.6. The zero-order valence-corrected chi connectivity index (χ0v) is 30.0. The predicted octanol–water partition coefficient (Wildman–Crippen LogP) is 8.23. The third kappa shape index (κ3) is 13.5. The SMILES string of the molecule is CC(C)C[C@@](N)(CF)COc1cnc(Br)cc1C(F)F.COC(=O)Nc1cc(-c2cc(C(F)F)c(OC[C@](N)(CF)CC(C)C)cn2)ccn1. The van der Waals surface area contributed by atoms with E-state index < -0.39 is 48.9 Å². The second kappa shape index (κ2) is 19.6. The fourth-order valence-corrected chi connectivity index (χ4v) is 5.17. The minimum absolute atomic E-state index is 0.0739. The van der Waals surface area contributed by atoms with E-state index in [2.05, 4.69) is 40.9 Å². The largest absolute Gasteiger partial charge is 0.489 e. The van der Waals surface area contributed by atoms with Crippen LogP contribution in [0.1, 0.15) is 64.5 Å². The number of anilines is 1. The molecule has 0 radical (unpaired) electrons. The number of halogens is 7. The lowest BCUT2D eigenvalue weighted by Gasteiger charge is -2.28. The Hall–Kier alpha value is -3.70. The monoisotopic (exact) mass is 780 g/mol. The molecule has 3 rings (SSSR count). The molecule has 17 heteroatoms. The number of ether oxygens (including phenoxy) is 3. The van der Waals surface area contributed by atoms with Gasteiger partial charge in [-0.2, -0.15) is 0 Å². The minimum Gasteiger partial charge on any atom is -0.489 e. The summed E-state index contributed by atoms with van der Waals surface area (Å²) in [6.45, 7) is 5.53. The number of amides is 1. The van der Waals surface area contributed by atoms with Gasteiger partial charge in [0.1, 0.15) is 48.5 Å². The van der Waals surface area contributed by atoms with E-state index in [4.69, 9.17) is 20.9 Å². The van der Waals surface area contributed by atoms with Crippen molar-refractivity contribution in [2.24, 2.45) is 23.3 Å². The number of hydrogen-bond donors (Lipinski definition) is 3. The molecule has 0 spiro atoms. The van der Waals surface area contributed by atoms with Gasteiger partial charge in [-0.05, 0) is 64.9 Å². The van der Waals surface area contributed by atoms with Gasteiger partial charge < -0.3 is 25.7 Å². The van der Waals surface area contributed by atoms with E-state index >= 15 is 0 Å². The lowest BCUT2D eigenvalue weighted by atomic mass is 9.92. The van der Waals surface area contributed by atoms with E-state index in [9.17, 15) is 31.1 Å². The topological polar surface area (TPSA) is 148 Å². The molecular weight excluding hydrogens is 738 g/mol. The number of hydrogen-bond acceptors (Lipinski definition) is 9. The average molecular weight is 782 g/mol. The smallest absolute Gasteiger partial charge is 0.412 e. The summed E-state index contributed by atoms with van der Waals surface area (Å²) in [5.41, 5.74) is 9.41. The maximum absolute atomic E-state index is 13.6. The molecule has 3 aromatic heterocycles. The standard InChI is InChI=1S/C20H25F3N4O3.C13H18BrF3N2O/c1-12(2)8-20(24,10-21)11-30-16-9-26-15(7-14(16)18(22)23)13-4-5-25-17(6-13)27-19(28)29-3;1-8(2)4-13(18,6-15)7-20-10-5-19-11(14)3-9(10)12(16)17/h4-7,9,12,18H,8,10-11,24H2,1-3H3,(H,25,27,28);3,5,8,12H,4,6-7,18H2,1-2H3/t20-;13-/m11/s1. The Balaban J connectivity index is 0.000000377. The Bertz CT molecular complexity index is 1530. The van der Waals surface area contributed by atoms with Gasteiger partial charge in [-0.15, -0.1) is 0 Å². The Morgan fingerprint density at radius 1 is 0.840 bits per heavy atom. The number of pyridine rings is 3. The number of carbonyl (C=O) groups is 1. The molecule has 0 aliphatic rings. The van der Waals surface area contributed by atoms with Crippen LogP contribution in [0, 0.1) is 11.8 Å². The molecule has 10 nitrogen and oxygen atoms in total. The molecule has 50 heavy (non-hydrogen) atoms. The highest BCUT2D eigenvalue weighted by atomic mass is 79.9. The van der Waals surface area contributed by atoms with Crippen molar-refractivity contribution >= 4 is 27.8 Å². The summed E-state index contributed by atoms with van der Waals surface area (Å²) < 4.78 is 95.0. The molecule has 0 aliphatic heterocycles. The van der Waals surface area contributed by atoms with Crippen molar-refractivity contribution < 1.29 is 45.3 Å². The highest BCUT2D eigenvalue weighted by Crippen LogP contribution is 2.34. The van der Waals surface area contributed by atoms with Gasteiger partial charge in [0, 0.05) is 11.8 Å². The van der Waals surface area contributed by atoms with Crippen LogP contribution in [0.3, 0.4) is 0 Å². The van der Waals surface area contributed by atoms with Gasteiger partial charge in [0.2, 0.25) is 0 Å². The van der Waals surface area contributed by atoms with E-state index in [1.54, 1.807) is 6.07 Å². The normalized spacial score (nSPS) is 13.8. The van der Waals surface area contributed by atoms with Crippen LogP contribution in [-0.4, -0.2) is 65.8 Å². The summed E-state index contributed by atoms with van der Waals surface area (Å²) in [5, 5.41) is 2.39. The lowest BCUT2D eigenvalue weighted by molar-refractivity contribution is 0.131. The van der Waals surface area contributed by atoms with E-state index in [1.165, 1.54) is 37.7 Å². The van der Waals surface area contributed by atoms with Crippen LogP contribution < -0.4 is 26.3 Å². The van der Waals surface area contributed by atoms with Crippen LogP contribution >= 0.6 is 15.9 Å². The van der Waals surface area contributed by atoms with Crippen molar-refractivity contribution in [1.29, 1.82) is 0 Å². The summed E-state index contributed by atoms with van der Waals surface area (Å²) >= 11 is 3.02. The third-order valence-electron chi connectivity index (χ3n) is 6.90. The lowest BCUT2D eigenvalue weighted by Crippen LogP contribution is -2.49. The molecule has 1 amide bonds. The number of nitrogens with two attached hydrogens (primary N) is 2. The first-order valence-corrected chi connectivity index (χ1v) is 16.2. The third-order valence-corrected chi connectivity index (χ3v) is 7.33. The molecule has 278 valence electrons. The Labute approximate surface area is 295 Å². The molecule has 0 aromatic carbocycles. The van der Waals surface area contributed by atoms with Gasteiger partial charge in [-0.1, -0.05) is 27.7 Å². The molecule has 3 aromatic rings. The van der Waals surface area contributed by atoms with Crippen LogP contribution in [-0.2, 0) is 4.74 Å². The van der Waals surface area contributed by atoms with Crippen molar-refractivity contribution in [3.63, 3.8) is 0 Å². The van der Waals surface area contributed by atoms with Crippen LogP contribution in [0.15, 0.2) is 47.5 Å². The molecule has 0 fully saturated rings. The number of alkyl halides is 6. The zero-order valence-electron chi connectivity index (χ0n) is 28.4. The van der Waals surface area contributed by atoms with Crippen molar-refractivity contribution in [3.8, 4) is 22.8 Å². The van der Waals surface area contributed by atoms with Gasteiger partial charge in [-0.3, -0.25) is 10.3 Å². The second-order valence-electron chi connectivity index (χ2n) is 12.6. The van der Waals surface area contributed by atoms with Gasteiger partial charge in [0.15, 0.2) is 0 Å². The predicted molar refractivity (Wildman–Crippen MR) is 181 cm³/mol. The van der Waals surface area contributed by atoms with E-state index in [0.29, 0.717) is 18.4 Å². The van der Waals surface area contributed by atoms with E-state index in [0.717, 1.165) is 6.20 Å². The molecule has 3 heterocycles. The highest BCUT2D eigenvalue weighted by Gasteiger charge is 2.30. The van der Waals surface area contributed by atoms with Crippen LogP contribution in [0.25, 0.3) is 11.3 Å². The number of rotatable bonds is 16. The van der Waals surface area contributed by atoms with Gasteiger partial charge in [0.05, 0.1) is 47.4 Å². The molecule has 5 N–H and O–H groups in total. The molecule has 0 bridgehead atoms. The number of methoxy groups -OCH3 is 1. The Kier molecular flexibility index (Phi) is 16.7. The number of carbonyl (C=O) groups excluding carboxylic acids is 1. The molecule has 0 saturated carbocycles. The highest BCUT2D eigenvalue weighted by molar-refractivity contribution is 9.10. The first-order chi connectivity index (χ1) is 23.4. The van der Waals surface area contributed by atoms with Crippen LogP contribution in [0.5, 0.6) is 11.5 Å². The fraction of sp³-hybridized carbons (Fsp3) is 0.515. The van der Waals surface area contributed by atoms with E-state index in [1.807, 2.05) is 27.7 Å². The van der Waals surface area contributed by atoms with Gasteiger partial charge in [-0.25, -0.2) is 41.1 Å². The Morgan fingerprint density at radius 2 is 1.34 bits per heavy atom. The van der Waals surface area contributed by atoms with Gasteiger partial charge >= 0.3 is 6.09 Å². The molecular formula is C33H43BrF6N6O4.